The number of amides is 1. The molecule has 0 aliphatic carbocycles. The molecule has 0 atom stereocenters. The van der Waals surface area contributed by atoms with E-state index in [-0.39, 0.29) is 35.5 Å². The van der Waals surface area contributed by atoms with Crippen LogP contribution in [0.25, 0.3) is 0 Å². The molecule has 2 saturated heterocycles. The third kappa shape index (κ3) is 5.15. The summed E-state index contributed by atoms with van der Waals surface area (Å²) in [5.41, 5.74) is 0.844. The summed E-state index contributed by atoms with van der Waals surface area (Å²) in [5.74, 6) is -0.260. The Morgan fingerprint density at radius 2 is 1.70 bits per heavy atom. The van der Waals surface area contributed by atoms with E-state index in [4.69, 9.17) is 4.74 Å². The van der Waals surface area contributed by atoms with E-state index in [0.717, 1.165) is 11.8 Å². The molecule has 2 fully saturated rings. The monoisotopic (exact) mass is 474 g/mol. The second-order valence-corrected chi connectivity index (χ2v) is 9.98. The molecule has 2 aromatic carbocycles. The molecule has 2 aliphatic rings. The lowest BCUT2D eigenvalue weighted by molar-refractivity contribution is -0.384. The number of carbonyl (C=O) groups excluding carboxylic acids is 1. The van der Waals surface area contributed by atoms with Gasteiger partial charge in [-0.2, -0.15) is 4.31 Å². The molecule has 10 nitrogen and oxygen atoms in total. The smallest absolute Gasteiger partial charge is 0.293 e. The van der Waals surface area contributed by atoms with Gasteiger partial charge in [0, 0.05) is 43.9 Å². The molecule has 33 heavy (non-hydrogen) atoms. The van der Waals surface area contributed by atoms with Crippen LogP contribution in [0.2, 0.25) is 0 Å². The summed E-state index contributed by atoms with van der Waals surface area (Å²) in [6.07, 6.45) is 1.09. The molecule has 11 heteroatoms. The Labute approximate surface area is 192 Å². The topological polar surface area (TPSA) is 122 Å². The van der Waals surface area contributed by atoms with Crippen LogP contribution in [0.3, 0.4) is 0 Å². The van der Waals surface area contributed by atoms with Crippen molar-refractivity contribution in [1.82, 2.24) is 4.31 Å². The zero-order chi connectivity index (χ0) is 23.4. The first-order valence-corrected chi connectivity index (χ1v) is 12.3. The second kappa shape index (κ2) is 9.86. The predicted molar refractivity (Wildman–Crippen MR) is 123 cm³/mol. The Morgan fingerprint density at radius 3 is 2.33 bits per heavy atom. The van der Waals surface area contributed by atoms with Crippen molar-refractivity contribution in [1.29, 1.82) is 0 Å². The molecule has 0 aromatic heterocycles. The fourth-order valence-corrected chi connectivity index (χ4v) is 5.59. The molecule has 2 aromatic rings. The van der Waals surface area contributed by atoms with E-state index in [2.05, 4.69) is 5.32 Å². The Balaban J connectivity index is 1.47. The fourth-order valence-electron chi connectivity index (χ4n) is 4.16. The van der Waals surface area contributed by atoms with Crippen LogP contribution in [0.15, 0.2) is 53.4 Å². The predicted octanol–water partition coefficient (Wildman–Crippen LogP) is 2.47. The van der Waals surface area contributed by atoms with Gasteiger partial charge in [0.25, 0.3) is 5.69 Å². The minimum Gasteiger partial charge on any atom is -0.379 e. The number of hydrogen-bond acceptors (Lipinski definition) is 7. The van der Waals surface area contributed by atoms with Gasteiger partial charge < -0.3 is 15.0 Å². The van der Waals surface area contributed by atoms with Crippen molar-refractivity contribution in [3.05, 3.63) is 58.6 Å². The van der Waals surface area contributed by atoms with E-state index in [1.807, 2.05) is 35.2 Å². The maximum absolute atomic E-state index is 12.9. The molecule has 1 N–H and O–H groups in total. The number of piperidine rings is 1. The zero-order valence-corrected chi connectivity index (χ0v) is 18.9. The summed E-state index contributed by atoms with van der Waals surface area (Å²) in [6, 6.07) is 13.3. The summed E-state index contributed by atoms with van der Waals surface area (Å²) < 4.78 is 32.3. The van der Waals surface area contributed by atoms with Crippen molar-refractivity contribution in [2.45, 2.75) is 17.7 Å². The minimum absolute atomic E-state index is 0.0673. The van der Waals surface area contributed by atoms with Gasteiger partial charge in [-0.15, -0.1) is 0 Å². The highest BCUT2D eigenvalue weighted by molar-refractivity contribution is 7.89. The van der Waals surface area contributed by atoms with Crippen LogP contribution < -0.4 is 10.2 Å². The lowest BCUT2D eigenvalue weighted by Crippen LogP contribution is -2.40. The molecule has 176 valence electrons. The molecule has 0 saturated carbocycles. The maximum atomic E-state index is 12.9. The van der Waals surface area contributed by atoms with Crippen molar-refractivity contribution in [2.75, 3.05) is 49.6 Å². The van der Waals surface area contributed by atoms with Crippen LogP contribution in [0.5, 0.6) is 0 Å². The molecular weight excluding hydrogens is 448 g/mol. The first-order valence-electron chi connectivity index (χ1n) is 10.8. The molecule has 2 aliphatic heterocycles. The van der Waals surface area contributed by atoms with Crippen LogP contribution in [0, 0.1) is 16.0 Å². The molecular formula is C22H26N4O6S. The average Bonchev–Trinajstić information content (AvgIpc) is 2.85. The molecule has 0 radical (unpaired) electrons. The molecule has 0 spiro atoms. The van der Waals surface area contributed by atoms with Gasteiger partial charge >= 0.3 is 0 Å². The number of para-hydroxylation sites is 1. The van der Waals surface area contributed by atoms with Crippen LogP contribution >= 0.6 is 0 Å². The second-order valence-electron chi connectivity index (χ2n) is 8.04. The Bertz CT molecular complexity index is 1110. The van der Waals surface area contributed by atoms with Crippen LogP contribution in [0.1, 0.15) is 12.8 Å². The van der Waals surface area contributed by atoms with E-state index in [0.29, 0.717) is 44.8 Å². The van der Waals surface area contributed by atoms with Crippen molar-refractivity contribution >= 4 is 33.0 Å². The summed E-state index contributed by atoms with van der Waals surface area (Å²) in [4.78, 5) is 25.5. The number of nitrogens with one attached hydrogen (secondary N) is 1. The average molecular weight is 475 g/mol. The number of sulfonamides is 1. The highest BCUT2D eigenvalue weighted by atomic mass is 32.2. The van der Waals surface area contributed by atoms with Gasteiger partial charge in [0.1, 0.15) is 5.69 Å². The van der Waals surface area contributed by atoms with Crippen molar-refractivity contribution in [3.63, 3.8) is 0 Å². The summed E-state index contributed by atoms with van der Waals surface area (Å²) in [6.45, 7) is 1.96. The van der Waals surface area contributed by atoms with Gasteiger partial charge in [-0.05, 0) is 37.1 Å². The SMILES string of the molecule is O=C(Nc1ccccc1)C1CCN(c2ccc(S(=O)(=O)N3CCOCC3)cc2[N+](=O)[O-])CC1. The first kappa shape index (κ1) is 23.1. The number of morpholine rings is 1. The molecule has 0 bridgehead atoms. The normalized spacial score (nSPS) is 18.1. The number of hydrogen-bond donors (Lipinski definition) is 1. The van der Waals surface area contributed by atoms with Crippen molar-refractivity contribution in [2.24, 2.45) is 5.92 Å². The summed E-state index contributed by atoms with van der Waals surface area (Å²) >= 11 is 0. The number of rotatable bonds is 6. The molecule has 0 unspecified atom stereocenters. The minimum atomic E-state index is -3.84. The number of nitro groups is 1. The number of nitrogens with zero attached hydrogens (tertiary/aromatic N) is 3. The van der Waals surface area contributed by atoms with E-state index >= 15 is 0 Å². The van der Waals surface area contributed by atoms with E-state index in [9.17, 15) is 23.3 Å². The number of ether oxygens (including phenoxy) is 1. The molecule has 1 amide bonds. The van der Waals surface area contributed by atoms with Gasteiger partial charge in [-0.25, -0.2) is 8.42 Å². The van der Waals surface area contributed by atoms with Gasteiger partial charge in [0.2, 0.25) is 15.9 Å². The van der Waals surface area contributed by atoms with Gasteiger partial charge in [-0.1, -0.05) is 18.2 Å². The van der Waals surface area contributed by atoms with Crippen molar-refractivity contribution in [3.8, 4) is 0 Å². The molecule has 2 heterocycles. The lowest BCUT2D eigenvalue weighted by Gasteiger charge is -2.33. The summed E-state index contributed by atoms with van der Waals surface area (Å²) in [7, 11) is -3.84. The first-order chi connectivity index (χ1) is 15.9. The number of benzene rings is 2. The number of nitro benzene ring substituents is 1. The van der Waals surface area contributed by atoms with Gasteiger partial charge in [0.05, 0.1) is 23.0 Å². The third-order valence-corrected chi connectivity index (χ3v) is 7.89. The maximum Gasteiger partial charge on any atom is 0.293 e. The Hall–Kier alpha value is -3.02. The quantitative estimate of drug-likeness (QED) is 0.504. The van der Waals surface area contributed by atoms with Gasteiger partial charge in [-0.3, -0.25) is 14.9 Å². The van der Waals surface area contributed by atoms with E-state index < -0.39 is 14.9 Å². The Morgan fingerprint density at radius 1 is 1.03 bits per heavy atom. The van der Waals surface area contributed by atoms with Crippen molar-refractivity contribution < 1.29 is 22.9 Å². The van der Waals surface area contributed by atoms with Gasteiger partial charge in [0.15, 0.2) is 0 Å². The largest absolute Gasteiger partial charge is 0.379 e. The zero-order valence-electron chi connectivity index (χ0n) is 18.1. The highest BCUT2D eigenvalue weighted by Gasteiger charge is 2.32. The van der Waals surface area contributed by atoms with Crippen LogP contribution in [-0.2, 0) is 19.6 Å². The Kier molecular flexibility index (Phi) is 6.91. The molecule has 4 rings (SSSR count). The fraction of sp³-hybridized carbons (Fsp3) is 0.409. The van der Waals surface area contributed by atoms with E-state index in [1.165, 1.54) is 16.4 Å². The van der Waals surface area contributed by atoms with Crippen LogP contribution in [0.4, 0.5) is 17.1 Å². The number of carbonyl (C=O) groups is 1. The third-order valence-electron chi connectivity index (χ3n) is 6.00. The van der Waals surface area contributed by atoms with E-state index in [1.54, 1.807) is 0 Å². The highest BCUT2D eigenvalue weighted by Crippen LogP contribution is 2.34. The summed E-state index contributed by atoms with van der Waals surface area (Å²) in [5, 5.41) is 14.7. The lowest BCUT2D eigenvalue weighted by atomic mass is 9.95. The van der Waals surface area contributed by atoms with Crippen LogP contribution in [-0.4, -0.2) is 62.9 Å². The number of anilines is 2. The standard InChI is InChI=1S/C22H26N4O6S/c27-22(23-18-4-2-1-3-5-18)17-8-10-24(11-9-17)20-7-6-19(16-21(20)26(28)29)33(30,31)25-12-14-32-15-13-25/h1-7,16-17H,8-15H2,(H,23,27).